The Hall–Kier alpha value is -1.07. The van der Waals surface area contributed by atoms with Gasteiger partial charge in [0, 0.05) is 9.92 Å². The van der Waals surface area contributed by atoms with Crippen LogP contribution in [0.4, 0.5) is 4.39 Å². The lowest BCUT2D eigenvalue weighted by Crippen LogP contribution is -2.29. The molecule has 2 rings (SSSR count). The third-order valence-electron chi connectivity index (χ3n) is 3.15. The normalized spacial score (nSPS) is 12.4. The number of hydrogen-bond acceptors (Lipinski definition) is 3. The lowest BCUT2D eigenvalue weighted by molar-refractivity contribution is 0.548. The fourth-order valence-electron chi connectivity index (χ4n) is 2.03. The first-order valence-corrected chi connectivity index (χ1v) is 7.78. The summed E-state index contributed by atoms with van der Waals surface area (Å²) in [4.78, 5) is 1.19. The summed E-state index contributed by atoms with van der Waals surface area (Å²) < 4.78 is 13.3. The van der Waals surface area contributed by atoms with E-state index < -0.39 is 0 Å². The molecule has 0 saturated carbocycles. The highest BCUT2D eigenvalue weighted by atomic mass is 35.5. The Kier molecular flexibility index (Phi) is 5.43. The number of hydrogen-bond donors (Lipinski definition) is 2. The molecule has 0 aromatic heterocycles. The van der Waals surface area contributed by atoms with Crippen LogP contribution >= 0.6 is 23.4 Å². The molecule has 0 saturated heterocycles. The second-order valence-electron chi connectivity index (χ2n) is 4.43. The lowest BCUT2D eigenvalue weighted by atomic mass is 9.99. The van der Waals surface area contributed by atoms with Crippen LogP contribution in [-0.2, 0) is 6.42 Å². The topological polar surface area (TPSA) is 38.0 Å². The average Bonchev–Trinajstić information content (AvgIpc) is 2.48. The highest BCUT2D eigenvalue weighted by Crippen LogP contribution is 2.25. The number of rotatable bonds is 5. The number of halogens is 2. The number of hydrazine groups is 1. The standard InChI is InChI=1S/C15H16ClFN2S/c1-20-13-5-2-10(3-6-13)15(19-18)9-11-8-12(17)4-7-14(11)16/h2-8,15,19H,9,18H2,1H3. The molecule has 0 fully saturated rings. The van der Waals surface area contributed by atoms with Crippen LogP contribution in [0.25, 0.3) is 0 Å². The zero-order valence-corrected chi connectivity index (χ0v) is 12.6. The molecule has 0 amide bonds. The molecule has 106 valence electrons. The van der Waals surface area contributed by atoms with Gasteiger partial charge in [0.05, 0.1) is 6.04 Å². The predicted octanol–water partition coefficient (Wildman–Crippen LogP) is 3.95. The molecule has 0 heterocycles. The Balaban J connectivity index is 2.21. The van der Waals surface area contributed by atoms with E-state index in [1.165, 1.54) is 17.0 Å². The van der Waals surface area contributed by atoms with Crippen LogP contribution in [0.15, 0.2) is 47.4 Å². The van der Waals surface area contributed by atoms with Gasteiger partial charge in [-0.15, -0.1) is 11.8 Å². The Morgan fingerprint density at radius 3 is 2.55 bits per heavy atom. The zero-order chi connectivity index (χ0) is 14.5. The van der Waals surface area contributed by atoms with E-state index in [2.05, 4.69) is 5.43 Å². The van der Waals surface area contributed by atoms with E-state index in [0.29, 0.717) is 11.4 Å². The van der Waals surface area contributed by atoms with Gasteiger partial charge in [0.25, 0.3) is 0 Å². The molecule has 20 heavy (non-hydrogen) atoms. The van der Waals surface area contributed by atoms with Crippen LogP contribution < -0.4 is 11.3 Å². The van der Waals surface area contributed by atoms with Crippen molar-refractivity contribution in [2.45, 2.75) is 17.4 Å². The molecule has 0 aliphatic carbocycles. The summed E-state index contributed by atoms with van der Waals surface area (Å²) in [6.45, 7) is 0. The summed E-state index contributed by atoms with van der Waals surface area (Å²) in [7, 11) is 0. The van der Waals surface area contributed by atoms with E-state index in [4.69, 9.17) is 17.4 Å². The Bertz CT molecular complexity index is 575. The lowest BCUT2D eigenvalue weighted by Gasteiger charge is -2.17. The van der Waals surface area contributed by atoms with Crippen molar-refractivity contribution in [3.8, 4) is 0 Å². The van der Waals surface area contributed by atoms with Crippen LogP contribution in [0.1, 0.15) is 17.2 Å². The van der Waals surface area contributed by atoms with Gasteiger partial charge in [-0.3, -0.25) is 11.3 Å². The van der Waals surface area contributed by atoms with Crippen molar-refractivity contribution < 1.29 is 4.39 Å². The molecule has 0 aliphatic heterocycles. The molecule has 1 unspecified atom stereocenters. The fourth-order valence-corrected chi connectivity index (χ4v) is 2.63. The van der Waals surface area contributed by atoms with Crippen molar-refractivity contribution in [1.82, 2.24) is 5.43 Å². The maximum Gasteiger partial charge on any atom is 0.123 e. The van der Waals surface area contributed by atoms with E-state index in [-0.39, 0.29) is 11.9 Å². The van der Waals surface area contributed by atoms with Gasteiger partial charge < -0.3 is 0 Å². The summed E-state index contributed by atoms with van der Waals surface area (Å²) in [5.74, 6) is 5.33. The van der Waals surface area contributed by atoms with Crippen molar-refractivity contribution in [1.29, 1.82) is 0 Å². The SMILES string of the molecule is CSc1ccc(C(Cc2cc(F)ccc2Cl)NN)cc1. The van der Waals surface area contributed by atoms with Gasteiger partial charge in [-0.05, 0) is 54.1 Å². The average molecular weight is 311 g/mol. The first-order valence-electron chi connectivity index (χ1n) is 6.18. The molecule has 3 N–H and O–H groups in total. The van der Waals surface area contributed by atoms with Gasteiger partial charge in [-0.25, -0.2) is 4.39 Å². The Labute approximate surface area is 127 Å². The van der Waals surface area contributed by atoms with Gasteiger partial charge in [0.15, 0.2) is 0 Å². The van der Waals surface area contributed by atoms with E-state index in [9.17, 15) is 4.39 Å². The molecule has 0 radical (unpaired) electrons. The largest absolute Gasteiger partial charge is 0.271 e. The molecule has 0 aliphatic rings. The highest BCUT2D eigenvalue weighted by molar-refractivity contribution is 7.98. The zero-order valence-electron chi connectivity index (χ0n) is 11.1. The minimum Gasteiger partial charge on any atom is -0.271 e. The van der Waals surface area contributed by atoms with Crippen LogP contribution in [0.2, 0.25) is 5.02 Å². The molecule has 0 spiro atoms. The minimum atomic E-state index is -0.294. The van der Waals surface area contributed by atoms with Crippen molar-refractivity contribution >= 4 is 23.4 Å². The molecule has 1 atom stereocenters. The fraction of sp³-hybridized carbons (Fsp3) is 0.200. The maximum absolute atomic E-state index is 13.3. The van der Waals surface area contributed by atoms with Gasteiger partial charge in [0.2, 0.25) is 0 Å². The monoisotopic (exact) mass is 310 g/mol. The molecule has 2 aromatic carbocycles. The number of nitrogens with one attached hydrogen (secondary N) is 1. The first-order chi connectivity index (χ1) is 9.63. The van der Waals surface area contributed by atoms with E-state index >= 15 is 0 Å². The molecule has 2 nitrogen and oxygen atoms in total. The van der Waals surface area contributed by atoms with E-state index in [1.54, 1.807) is 17.8 Å². The van der Waals surface area contributed by atoms with Crippen LogP contribution in [-0.4, -0.2) is 6.26 Å². The van der Waals surface area contributed by atoms with Crippen molar-refractivity contribution in [2.24, 2.45) is 5.84 Å². The molecule has 5 heteroatoms. The van der Waals surface area contributed by atoms with Crippen molar-refractivity contribution in [2.75, 3.05) is 6.26 Å². The molecular formula is C15H16ClFN2S. The van der Waals surface area contributed by atoms with Crippen LogP contribution in [0, 0.1) is 5.82 Å². The molecule has 2 aromatic rings. The molecular weight excluding hydrogens is 295 g/mol. The van der Waals surface area contributed by atoms with Gasteiger partial charge >= 0.3 is 0 Å². The summed E-state index contributed by atoms with van der Waals surface area (Å²) in [6.07, 6.45) is 2.56. The highest BCUT2D eigenvalue weighted by Gasteiger charge is 2.13. The second kappa shape index (κ2) is 7.09. The van der Waals surface area contributed by atoms with Crippen LogP contribution in [0.3, 0.4) is 0 Å². The number of nitrogens with two attached hydrogens (primary N) is 1. The number of benzene rings is 2. The van der Waals surface area contributed by atoms with Gasteiger partial charge in [0.1, 0.15) is 5.82 Å². The quantitative estimate of drug-likeness (QED) is 0.499. The second-order valence-corrected chi connectivity index (χ2v) is 5.72. The van der Waals surface area contributed by atoms with Gasteiger partial charge in [-0.1, -0.05) is 23.7 Å². The third-order valence-corrected chi connectivity index (χ3v) is 4.26. The summed E-state index contributed by atoms with van der Waals surface area (Å²) in [6, 6.07) is 12.4. The maximum atomic E-state index is 13.3. The summed E-state index contributed by atoms with van der Waals surface area (Å²) in [5, 5.41) is 0.549. The predicted molar refractivity (Wildman–Crippen MR) is 83.4 cm³/mol. The third kappa shape index (κ3) is 3.73. The van der Waals surface area contributed by atoms with Crippen LogP contribution in [0.5, 0.6) is 0 Å². The Morgan fingerprint density at radius 2 is 1.95 bits per heavy atom. The first kappa shape index (κ1) is 15.3. The van der Waals surface area contributed by atoms with Crippen molar-refractivity contribution in [3.63, 3.8) is 0 Å². The number of thioether (sulfide) groups is 1. The van der Waals surface area contributed by atoms with Gasteiger partial charge in [-0.2, -0.15) is 0 Å². The summed E-state index contributed by atoms with van der Waals surface area (Å²) in [5.41, 5.74) is 4.55. The Morgan fingerprint density at radius 1 is 1.25 bits per heavy atom. The summed E-state index contributed by atoms with van der Waals surface area (Å²) >= 11 is 7.78. The smallest absolute Gasteiger partial charge is 0.123 e. The van der Waals surface area contributed by atoms with Crippen molar-refractivity contribution in [3.05, 3.63) is 64.4 Å². The molecule has 0 bridgehead atoms. The van der Waals surface area contributed by atoms with E-state index in [1.807, 2.05) is 30.5 Å². The minimum absolute atomic E-state index is 0.106. The van der Waals surface area contributed by atoms with E-state index in [0.717, 1.165) is 11.1 Å².